The maximum atomic E-state index is 12.6. The molecule has 0 bridgehead atoms. The average molecular weight is 370 g/mol. The smallest absolute Gasteiger partial charge is 0.401 e. The Hall–Kier alpha value is -2.58. The second-order valence-electron chi connectivity index (χ2n) is 7.10. The number of amides is 2. The third-order valence-corrected chi connectivity index (χ3v) is 4.09. The topological polar surface area (TPSA) is 88.3 Å². The van der Waals surface area contributed by atoms with E-state index in [1.54, 1.807) is 4.90 Å². The fraction of sp³-hybridized carbons (Fsp3) is 0.471. The molecule has 142 valence electrons. The number of carbonyl (C=O) groups excluding carboxylic acids is 2. The molecule has 0 saturated carbocycles. The number of allylic oxidation sites excluding steroid dienone is 1. The predicted molar refractivity (Wildman–Crippen MR) is 89.9 cm³/mol. The minimum absolute atomic E-state index is 0.251. The van der Waals surface area contributed by atoms with E-state index in [1.807, 2.05) is 20.8 Å². The maximum absolute atomic E-state index is 12.6. The van der Waals surface area contributed by atoms with Crippen LogP contribution in [0, 0.1) is 5.41 Å². The zero-order chi connectivity index (χ0) is 19.7. The Morgan fingerprint density at radius 1 is 1.31 bits per heavy atom. The zero-order valence-electron chi connectivity index (χ0n) is 14.7. The van der Waals surface area contributed by atoms with Gasteiger partial charge in [0.2, 0.25) is 5.91 Å². The van der Waals surface area contributed by atoms with Gasteiger partial charge in [-0.2, -0.15) is 13.2 Å². The molecule has 1 aromatic heterocycles. The van der Waals surface area contributed by atoms with Gasteiger partial charge in [-0.3, -0.25) is 14.9 Å². The molecule has 2 amide bonds. The molecule has 0 aromatic carbocycles. The van der Waals surface area contributed by atoms with E-state index in [0.29, 0.717) is 18.7 Å². The highest BCUT2D eigenvalue weighted by atomic mass is 19.4. The van der Waals surface area contributed by atoms with Crippen molar-refractivity contribution in [2.45, 2.75) is 39.4 Å². The Morgan fingerprint density at radius 3 is 2.38 bits per heavy atom. The van der Waals surface area contributed by atoms with Crippen molar-refractivity contribution in [3.8, 4) is 0 Å². The number of imide groups is 1. The van der Waals surface area contributed by atoms with Crippen LogP contribution in [-0.2, 0) is 15.8 Å². The minimum atomic E-state index is -4.47. The van der Waals surface area contributed by atoms with Crippen molar-refractivity contribution in [2.24, 2.45) is 11.1 Å². The lowest BCUT2D eigenvalue weighted by Crippen LogP contribution is -2.57. The molecule has 6 nitrogen and oxygen atoms in total. The lowest BCUT2D eigenvalue weighted by Gasteiger charge is -2.40. The summed E-state index contributed by atoms with van der Waals surface area (Å²) in [6.07, 6.45) is -2.11. The number of aromatic nitrogens is 1. The van der Waals surface area contributed by atoms with E-state index >= 15 is 0 Å². The molecule has 1 aliphatic rings. The third-order valence-electron chi connectivity index (χ3n) is 4.09. The Labute approximate surface area is 149 Å². The number of hydrogen-bond acceptors (Lipinski definition) is 5. The number of alkyl halides is 3. The van der Waals surface area contributed by atoms with Crippen LogP contribution in [0.5, 0.6) is 0 Å². The number of pyridine rings is 1. The Balaban J connectivity index is 2.02. The summed E-state index contributed by atoms with van der Waals surface area (Å²) < 4.78 is 37.7. The first kappa shape index (κ1) is 19.7. The van der Waals surface area contributed by atoms with Gasteiger partial charge in [-0.05, 0) is 18.6 Å². The van der Waals surface area contributed by atoms with E-state index in [-0.39, 0.29) is 5.82 Å². The van der Waals surface area contributed by atoms with Crippen molar-refractivity contribution >= 4 is 17.6 Å². The fourth-order valence-electron chi connectivity index (χ4n) is 2.26. The normalized spacial score (nSPS) is 18.3. The molecule has 9 heteroatoms. The Bertz CT molecular complexity index is 721. The van der Waals surface area contributed by atoms with Crippen molar-refractivity contribution < 1.29 is 22.8 Å². The number of halogens is 3. The number of anilines is 1. The van der Waals surface area contributed by atoms with Crippen LogP contribution in [0.1, 0.15) is 32.8 Å². The van der Waals surface area contributed by atoms with Gasteiger partial charge in [0.05, 0.1) is 5.56 Å². The van der Waals surface area contributed by atoms with Crippen LogP contribution in [0.2, 0.25) is 0 Å². The number of nitrogens with one attached hydrogen (secondary N) is 1. The third kappa shape index (κ3) is 4.53. The molecular formula is C17H21F3N4O2. The lowest BCUT2D eigenvalue weighted by molar-refractivity contribution is -0.138. The van der Waals surface area contributed by atoms with Gasteiger partial charge >= 0.3 is 6.18 Å². The second kappa shape index (κ2) is 6.97. The number of nitrogens with two attached hydrogens (primary N) is 1. The van der Waals surface area contributed by atoms with Crippen LogP contribution >= 0.6 is 0 Å². The molecule has 1 aromatic rings. The summed E-state index contributed by atoms with van der Waals surface area (Å²) in [5.41, 5.74) is 4.86. The highest BCUT2D eigenvalue weighted by molar-refractivity contribution is 6.04. The number of hydrogen-bond donors (Lipinski definition) is 2. The summed E-state index contributed by atoms with van der Waals surface area (Å²) in [7, 11) is 0. The van der Waals surface area contributed by atoms with Gasteiger partial charge in [0.15, 0.2) is 0 Å². The molecule has 1 atom stereocenters. The van der Waals surface area contributed by atoms with E-state index in [9.17, 15) is 22.8 Å². The highest BCUT2D eigenvalue weighted by Crippen LogP contribution is 2.31. The molecule has 1 fully saturated rings. The van der Waals surface area contributed by atoms with Gasteiger partial charge in [-0.25, -0.2) is 4.98 Å². The minimum Gasteiger partial charge on any atom is -0.401 e. The van der Waals surface area contributed by atoms with Crippen molar-refractivity contribution in [2.75, 3.05) is 11.4 Å². The van der Waals surface area contributed by atoms with Crippen LogP contribution in [0.4, 0.5) is 19.0 Å². The van der Waals surface area contributed by atoms with E-state index < -0.39 is 35.0 Å². The molecule has 1 aliphatic heterocycles. The monoisotopic (exact) mass is 370 g/mol. The van der Waals surface area contributed by atoms with Gasteiger partial charge in [-0.1, -0.05) is 20.8 Å². The van der Waals surface area contributed by atoms with Crippen LogP contribution in [0.25, 0.3) is 0 Å². The number of rotatable bonds is 3. The van der Waals surface area contributed by atoms with Crippen LogP contribution in [0.15, 0.2) is 30.1 Å². The summed E-state index contributed by atoms with van der Waals surface area (Å²) in [6, 6.07) is 1.46. The van der Waals surface area contributed by atoms with Crippen LogP contribution < -0.4 is 16.0 Å². The predicted octanol–water partition coefficient (Wildman–Crippen LogP) is 2.21. The first-order chi connectivity index (χ1) is 11.9. The van der Waals surface area contributed by atoms with E-state index in [0.717, 1.165) is 18.3 Å². The molecule has 0 spiro atoms. The van der Waals surface area contributed by atoms with Crippen molar-refractivity contribution in [3.05, 3.63) is 35.7 Å². The van der Waals surface area contributed by atoms with Gasteiger partial charge in [0.25, 0.3) is 5.91 Å². The molecule has 0 radical (unpaired) electrons. The fourth-order valence-corrected chi connectivity index (χ4v) is 2.26. The Kier molecular flexibility index (Phi) is 5.29. The molecule has 0 aliphatic carbocycles. The lowest BCUT2D eigenvalue weighted by atomic mass is 9.92. The van der Waals surface area contributed by atoms with Crippen LogP contribution in [0.3, 0.4) is 0 Å². The number of carbonyl (C=O) groups is 2. The summed E-state index contributed by atoms with van der Waals surface area (Å²) in [4.78, 5) is 29.4. The van der Waals surface area contributed by atoms with Crippen molar-refractivity contribution in [1.82, 2.24) is 10.3 Å². The number of nitrogens with zero attached hydrogens (tertiary/aromatic N) is 2. The SMILES string of the molecule is CC(C)(C)C(N)=CC(=O)NC(=O)[C@@H]1CCN1c1ccc(C(F)(F)F)cn1. The molecule has 0 unspecified atom stereocenters. The second-order valence-corrected chi connectivity index (χ2v) is 7.10. The summed E-state index contributed by atoms with van der Waals surface area (Å²) in [5, 5.41) is 2.24. The van der Waals surface area contributed by atoms with Gasteiger partial charge in [0.1, 0.15) is 11.9 Å². The Morgan fingerprint density at radius 2 is 1.96 bits per heavy atom. The van der Waals surface area contributed by atoms with Gasteiger partial charge in [0, 0.05) is 29.9 Å². The molecule has 26 heavy (non-hydrogen) atoms. The first-order valence-corrected chi connectivity index (χ1v) is 8.02. The molecule has 2 heterocycles. The van der Waals surface area contributed by atoms with Crippen LogP contribution in [-0.4, -0.2) is 29.4 Å². The standard InChI is InChI=1S/C17H21F3N4O2/c1-16(2,3)12(21)8-14(25)23-15(26)11-6-7-24(11)13-5-4-10(9-22-13)17(18,19)20/h4-5,8-9,11H,6-7,21H2,1-3H3,(H,23,25,26)/t11-/m0/s1. The summed E-state index contributed by atoms with van der Waals surface area (Å²) in [5.74, 6) is -0.919. The summed E-state index contributed by atoms with van der Waals surface area (Å²) in [6.45, 7) is 5.96. The molecule has 2 rings (SSSR count). The largest absolute Gasteiger partial charge is 0.417 e. The quantitative estimate of drug-likeness (QED) is 0.797. The van der Waals surface area contributed by atoms with E-state index in [4.69, 9.17) is 5.73 Å². The summed E-state index contributed by atoms with van der Waals surface area (Å²) >= 11 is 0. The van der Waals surface area contributed by atoms with Crippen molar-refractivity contribution in [1.29, 1.82) is 0 Å². The highest BCUT2D eigenvalue weighted by Gasteiger charge is 2.37. The average Bonchev–Trinajstić information content (AvgIpc) is 2.44. The van der Waals surface area contributed by atoms with Gasteiger partial charge in [-0.15, -0.1) is 0 Å². The molecule has 1 saturated heterocycles. The van der Waals surface area contributed by atoms with Gasteiger partial charge < -0.3 is 10.6 Å². The molecule has 3 N–H and O–H groups in total. The van der Waals surface area contributed by atoms with E-state index in [2.05, 4.69) is 10.3 Å². The van der Waals surface area contributed by atoms with E-state index in [1.165, 1.54) is 6.07 Å². The molecular weight excluding hydrogens is 349 g/mol. The zero-order valence-corrected chi connectivity index (χ0v) is 14.7. The maximum Gasteiger partial charge on any atom is 0.417 e. The first-order valence-electron chi connectivity index (χ1n) is 8.02. The van der Waals surface area contributed by atoms with Crippen molar-refractivity contribution in [3.63, 3.8) is 0 Å².